The molecule has 0 spiro atoms. The Bertz CT molecular complexity index is 854. The lowest BCUT2D eigenvalue weighted by Crippen LogP contribution is -2.11. The summed E-state index contributed by atoms with van der Waals surface area (Å²) >= 11 is 0. The van der Waals surface area contributed by atoms with Gasteiger partial charge in [0.25, 0.3) is 0 Å². The van der Waals surface area contributed by atoms with Crippen LogP contribution in [0.4, 0.5) is 5.69 Å². The van der Waals surface area contributed by atoms with E-state index >= 15 is 0 Å². The third-order valence-electron chi connectivity index (χ3n) is 4.20. The zero-order chi connectivity index (χ0) is 20.2. The van der Waals surface area contributed by atoms with Gasteiger partial charge in [-0.2, -0.15) is 0 Å². The SMILES string of the molecule is COCCOc1cccc(NCc2ccccc2OCCOc2ccccc2)c1. The summed E-state index contributed by atoms with van der Waals surface area (Å²) in [5.74, 6) is 2.51. The van der Waals surface area contributed by atoms with Crippen LogP contribution >= 0.6 is 0 Å². The Morgan fingerprint density at radius 3 is 2.21 bits per heavy atom. The van der Waals surface area contributed by atoms with Crippen molar-refractivity contribution in [1.82, 2.24) is 0 Å². The van der Waals surface area contributed by atoms with Crippen LogP contribution in [0.25, 0.3) is 0 Å². The van der Waals surface area contributed by atoms with Crippen molar-refractivity contribution in [2.75, 3.05) is 38.9 Å². The first-order valence-electron chi connectivity index (χ1n) is 9.69. The lowest BCUT2D eigenvalue weighted by atomic mass is 10.2. The molecular formula is C24H27NO4. The molecule has 0 unspecified atom stereocenters. The Labute approximate surface area is 172 Å². The van der Waals surface area contributed by atoms with Crippen molar-refractivity contribution in [2.45, 2.75) is 6.54 Å². The molecule has 0 aliphatic carbocycles. The number of para-hydroxylation sites is 2. The lowest BCUT2D eigenvalue weighted by Gasteiger charge is -2.14. The zero-order valence-corrected chi connectivity index (χ0v) is 16.7. The molecule has 3 aromatic rings. The predicted molar refractivity (Wildman–Crippen MR) is 115 cm³/mol. The monoisotopic (exact) mass is 393 g/mol. The van der Waals surface area contributed by atoms with Crippen molar-refractivity contribution in [3.63, 3.8) is 0 Å². The number of nitrogens with one attached hydrogen (secondary N) is 1. The molecule has 0 aromatic heterocycles. The van der Waals surface area contributed by atoms with Gasteiger partial charge >= 0.3 is 0 Å². The third kappa shape index (κ3) is 7.05. The highest BCUT2D eigenvalue weighted by Crippen LogP contribution is 2.22. The molecule has 0 aliphatic rings. The van der Waals surface area contributed by atoms with E-state index in [1.54, 1.807) is 7.11 Å². The molecular weight excluding hydrogens is 366 g/mol. The molecule has 0 saturated heterocycles. The van der Waals surface area contributed by atoms with E-state index in [4.69, 9.17) is 18.9 Å². The van der Waals surface area contributed by atoms with Gasteiger partial charge in [0.2, 0.25) is 0 Å². The Kier molecular flexibility index (Phi) is 8.23. The molecule has 1 N–H and O–H groups in total. The normalized spacial score (nSPS) is 10.4. The van der Waals surface area contributed by atoms with Crippen LogP contribution in [0.1, 0.15) is 5.56 Å². The highest BCUT2D eigenvalue weighted by Gasteiger charge is 2.04. The third-order valence-corrected chi connectivity index (χ3v) is 4.20. The van der Waals surface area contributed by atoms with E-state index in [0.717, 1.165) is 28.5 Å². The molecule has 5 nitrogen and oxygen atoms in total. The maximum absolute atomic E-state index is 5.93. The second-order valence-corrected chi connectivity index (χ2v) is 6.34. The molecule has 3 aromatic carbocycles. The summed E-state index contributed by atoms with van der Waals surface area (Å²) in [6.07, 6.45) is 0. The molecule has 0 aliphatic heterocycles. The standard InChI is InChI=1S/C24H27NO4/c1-26-14-15-28-23-12-7-9-21(18-23)25-19-20-8-5-6-13-24(20)29-17-16-27-22-10-3-2-4-11-22/h2-13,18,25H,14-17,19H2,1H3. The number of methoxy groups -OCH3 is 1. The van der Waals surface area contributed by atoms with Crippen LogP contribution in [0.2, 0.25) is 0 Å². The van der Waals surface area contributed by atoms with Crippen molar-refractivity contribution in [1.29, 1.82) is 0 Å². The molecule has 0 amide bonds. The molecule has 29 heavy (non-hydrogen) atoms. The number of benzene rings is 3. The number of anilines is 1. The molecule has 3 rings (SSSR count). The van der Waals surface area contributed by atoms with Crippen molar-refractivity contribution >= 4 is 5.69 Å². The lowest BCUT2D eigenvalue weighted by molar-refractivity contribution is 0.146. The maximum atomic E-state index is 5.93. The van der Waals surface area contributed by atoms with E-state index < -0.39 is 0 Å². The van der Waals surface area contributed by atoms with Crippen molar-refractivity contribution < 1.29 is 18.9 Å². The van der Waals surface area contributed by atoms with Gasteiger partial charge in [-0.15, -0.1) is 0 Å². The summed E-state index contributed by atoms with van der Waals surface area (Å²) in [5.41, 5.74) is 2.07. The van der Waals surface area contributed by atoms with Gasteiger partial charge in [0.05, 0.1) is 6.61 Å². The fourth-order valence-corrected chi connectivity index (χ4v) is 2.75. The maximum Gasteiger partial charge on any atom is 0.124 e. The van der Waals surface area contributed by atoms with Gasteiger partial charge in [0.1, 0.15) is 37.1 Å². The van der Waals surface area contributed by atoms with Gasteiger partial charge in [-0.05, 0) is 30.3 Å². The highest BCUT2D eigenvalue weighted by atomic mass is 16.5. The Morgan fingerprint density at radius 1 is 0.655 bits per heavy atom. The number of ether oxygens (including phenoxy) is 4. The summed E-state index contributed by atoms with van der Waals surface area (Å²) in [4.78, 5) is 0. The van der Waals surface area contributed by atoms with Crippen LogP contribution in [0.5, 0.6) is 17.2 Å². The molecule has 0 radical (unpaired) electrons. The minimum absolute atomic E-state index is 0.481. The number of rotatable bonds is 12. The van der Waals surface area contributed by atoms with Crippen LogP contribution < -0.4 is 19.5 Å². The van der Waals surface area contributed by atoms with Crippen molar-refractivity contribution in [2.24, 2.45) is 0 Å². The first-order chi connectivity index (χ1) is 14.3. The van der Waals surface area contributed by atoms with E-state index in [1.807, 2.05) is 72.8 Å². The first kappa shape index (κ1) is 20.6. The second kappa shape index (κ2) is 11.6. The molecule has 0 atom stereocenters. The second-order valence-electron chi connectivity index (χ2n) is 6.34. The zero-order valence-electron chi connectivity index (χ0n) is 16.7. The fraction of sp³-hybridized carbons (Fsp3) is 0.250. The van der Waals surface area contributed by atoms with Gasteiger partial charge in [-0.3, -0.25) is 0 Å². The van der Waals surface area contributed by atoms with Gasteiger partial charge in [0, 0.05) is 31.0 Å². The molecule has 5 heteroatoms. The number of hydrogen-bond acceptors (Lipinski definition) is 5. The average Bonchev–Trinajstić information content (AvgIpc) is 2.77. The molecule has 0 saturated carbocycles. The Hall–Kier alpha value is -3.18. The summed E-state index contributed by atoms with van der Waals surface area (Å²) < 4.78 is 22.3. The minimum atomic E-state index is 0.481. The van der Waals surface area contributed by atoms with Gasteiger partial charge in [0.15, 0.2) is 0 Å². The number of hydrogen-bond donors (Lipinski definition) is 1. The first-order valence-corrected chi connectivity index (χ1v) is 9.69. The van der Waals surface area contributed by atoms with E-state index in [0.29, 0.717) is 33.0 Å². The smallest absolute Gasteiger partial charge is 0.124 e. The highest BCUT2D eigenvalue weighted by molar-refractivity contribution is 5.49. The minimum Gasteiger partial charge on any atom is -0.491 e. The summed E-state index contributed by atoms with van der Waals surface area (Å²) in [7, 11) is 1.66. The van der Waals surface area contributed by atoms with Crippen LogP contribution in [0.15, 0.2) is 78.9 Å². The molecule has 152 valence electrons. The van der Waals surface area contributed by atoms with Crippen molar-refractivity contribution in [3.05, 3.63) is 84.4 Å². The van der Waals surface area contributed by atoms with Gasteiger partial charge in [-0.1, -0.05) is 42.5 Å². The Balaban J connectivity index is 1.49. The van der Waals surface area contributed by atoms with Crippen LogP contribution in [-0.4, -0.2) is 33.5 Å². The molecule has 0 fully saturated rings. The van der Waals surface area contributed by atoms with E-state index in [-0.39, 0.29) is 0 Å². The fourth-order valence-electron chi connectivity index (χ4n) is 2.75. The van der Waals surface area contributed by atoms with Gasteiger partial charge in [-0.25, -0.2) is 0 Å². The summed E-state index contributed by atoms with van der Waals surface area (Å²) in [5, 5.41) is 3.43. The quantitative estimate of drug-likeness (QED) is 0.449. The Morgan fingerprint density at radius 2 is 1.34 bits per heavy atom. The van der Waals surface area contributed by atoms with E-state index in [2.05, 4.69) is 11.4 Å². The average molecular weight is 393 g/mol. The van der Waals surface area contributed by atoms with Gasteiger partial charge < -0.3 is 24.3 Å². The summed E-state index contributed by atoms with van der Waals surface area (Å²) in [6, 6.07) is 25.7. The topological polar surface area (TPSA) is 49.0 Å². The molecule has 0 bridgehead atoms. The van der Waals surface area contributed by atoms with E-state index in [9.17, 15) is 0 Å². The van der Waals surface area contributed by atoms with Crippen molar-refractivity contribution in [3.8, 4) is 17.2 Å². The van der Waals surface area contributed by atoms with Crippen LogP contribution in [0.3, 0.4) is 0 Å². The van der Waals surface area contributed by atoms with Crippen LogP contribution in [0, 0.1) is 0 Å². The predicted octanol–water partition coefficient (Wildman–Crippen LogP) is 4.78. The summed E-state index contributed by atoms with van der Waals surface area (Å²) in [6.45, 7) is 2.72. The van der Waals surface area contributed by atoms with E-state index in [1.165, 1.54) is 0 Å². The molecule has 0 heterocycles. The van der Waals surface area contributed by atoms with Crippen LogP contribution in [-0.2, 0) is 11.3 Å². The largest absolute Gasteiger partial charge is 0.491 e.